The highest BCUT2D eigenvalue weighted by atomic mass is 16.2. The van der Waals surface area contributed by atoms with Gasteiger partial charge in [-0.2, -0.15) is 0 Å². The second-order valence-corrected chi connectivity index (χ2v) is 4.86. The first kappa shape index (κ1) is 15.0. The fourth-order valence-electron chi connectivity index (χ4n) is 1.62. The summed E-state index contributed by atoms with van der Waals surface area (Å²) in [5, 5.41) is 5.51. The molecular weight excluding hydrogens is 242 g/mol. The summed E-state index contributed by atoms with van der Waals surface area (Å²) in [6.07, 6.45) is 1.04. The molecule has 0 aliphatic carbocycles. The number of carbonyl (C=O) groups excluding carboxylic acids is 2. The number of primary amides is 1. The molecule has 0 aromatic heterocycles. The molecule has 5 heteroatoms. The van der Waals surface area contributed by atoms with Gasteiger partial charge in [-0.3, -0.25) is 4.79 Å². The Morgan fingerprint density at radius 1 is 1.26 bits per heavy atom. The van der Waals surface area contributed by atoms with Gasteiger partial charge in [0.15, 0.2) is 0 Å². The monoisotopic (exact) mass is 263 g/mol. The van der Waals surface area contributed by atoms with E-state index in [-0.39, 0.29) is 12.5 Å². The van der Waals surface area contributed by atoms with Crippen molar-refractivity contribution in [3.8, 4) is 0 Å². The van der Waals surface area contributed by atoms with Crippen LogP contribution in [-0.4, -0.2) is 18.5 Å². The van der Waals surface area contributed by atoms with E-state index in [4.69, 9.17) is 5.73 Å². The van der Waals surface area contributed by atoms with Crippen LogP contribution in [0.4, 0.5) is 10.5 Å². The van der Waals surface area contributed by atoms with E-state index in [9.17, 15) is 9.59 Å². The molecule has 1 aromatic rings. The fourth-order valence-corrected chi connectivity index (χ4v) is 1.62. The Bertz CT molecular complexity index is 444. The number of benzene rings is 1. The maximum atomic E-state index is 11.7. The lowest BCUT2D eigenvalue weighted by Crippen LogP contribution is -2.30. The van der Waals surface area contributed by atoms with Gasteiger partial charge in [0.2, 0.25) is 5.91 Å². The SMILES string of the molecule is CC(C)CCNC(=O)Nc1ccccc1CC(N)=O. The first-order valence-corrected chi connectivity index (χ1v) is 6.40. The topological polar surface area (TPSA) is 84.2 Å². The van der Waals surface area contributed by atoms with Gasteiger partial charge in [0.05, 0.1) is 6.42 Å². The molecule has 4 N–H and O–H groups in total. The van der Waals surface area contributed by atoms with Crippen molar-refractivity contribution in [3.63, 3.8) is 0 Å². The third kappa shape index (κ3) is 5.90. The molecule has 19 heavy (non-hydrogen) atoms. The summed E-state index contributed by atoms with van der Waals surface area (Å²) in [6.45, 7) is 4.82. The normalized spacial score (nSPS) is 10.3. The number of carbonyl (C=O) groups is 2. The van der Waals surface area contributed by atoms with Crippen molar-refractivity contribution in [3.05, 3.63) is 29.8 Å². The Morgan fingerprint density at radius 2 is 1.95 bits per heavy atom. The van der Waals surface area contributed by atoms with Gasteiger partial charge in [-0.1, -0.05) is 32.0 Å². The number of urea groups is 1. The number of para-hydroxylation sites is 1. The van der Waals surface area contributed by atoms with Crippen LogP contribution in [0.1, 0.15) is 25.8 Å². The first-order valence-electron chi connectivity index (χ1n) is 6.40. The van der Waals surface area contributed by atoms with Crippen molar-refractivity contribution < 1.29 is 9.59 Å². The van der Waals surface area contributed by atoms with Gasteiger partial charge in [-0.15, -0.1) is 0 Å². The third-order valence-corrected chi connectivity index (χ3v) is 2.64. The molecule has 5 nitrogen and oxygen atoms in total. The van der Waals surface area contributed by atoms with Crippen LogP contribution in [-0.2, 0) is 11.2 Å². The Labute approximate surface area is 113 Å². The standard InChI is InChI=1S/C14H21N3O2/c1-10(2)7-8-16-14(19)17-12-6-4-3-5-11(12)9-13(15)18/h3-6,10H,7-9H2,1-2H3,(H2,15,18)(H2,16,17,19). The largest absolute Gasteiger partial charge is 0.369 e. The second kappa shape index (κ2) is 7.41. The van der Waals surface area contributed by atoms with Crippen molar-refractivity contribution in [1.29, 1.82) is 0 Å². The van der Waals surface area contributed by atoms with E-state index < -0.39 is 5.91 Å². The molecule has 0 saturated heterocycles. The minimum absolute atomic E-state index is 0.114. The number of nitrogens with one attached hydrogen (secondary N) is 2. The molecule has 0 unspecified atom stereocenters. The van der Waals surface area contributed by atoms with Crippen molar-refractivity contribution in [2.24, 2.45) is 11.7 Å². The van der Waals surface area contributed by atoms with Gasteiger partial charge in [-0.25, -0.2) is 4.79 Å². The van der Waals surface area contributed by atoms with Crippen LogP contribution < -0.4 is 16.4 Å². The second-order valence-electron chi connectivity index (χ2n) is 4.86. The molecule has 0 radical (unpaired) electrons. The van der Waals surface area contributed by atoms with E-state index in [0.29, 0.717) is 23.7 Å². The molecule has 0 aliphatic rings. The number of hydrogen-bond donors (Lipinski definition) is 3. The van der Waals surface area contributed by atoms with Crippen molar-refractivity contribution in [2.45, 2.75) is 26.7 Å². The molecule has 0 bridgehead atoms. The predicted octanol–water partition coefficient (Wildman–Crippen LogP) is 1.88. The minimum atomic E-state index is -0.422. The number of hydrogen-bond acceptors (Lipinski definition) is 2. The first-order chi connectivity index (χ1) is 8.99. The van der Waals surface area contributed by atoms with Crippen molar-refractivity contribution in [1.82, 2.24) is 5.32 Å². The summed E-state index contributed by atoms with van der Waals surface area (Å²) < 4.78 is 0. The van der Waals surface area contributed by atoms with Crippen LogP contribution in [0.5, 0.6) is 0 Å². The van der Waals surface area contributed by atoms with E-state index in [2.05, 4.69) is 24.5 Å². The van der Waals surface area contributed by atoms with Gasteiger partial charge < -0.3 is 16.4 Å². The zero-order chi connectivity index (χ0) is 14.3. The average molecular weight is 263 g/mol. The Hall–Kier alpha value is -2.04. The van der Waals surface area contributed by atoms with Gasteiger partial charge in [0.1, 0.15) is 0 Å². The molecule has 104 valence electrons. The Kier molecular flexibility index (Phi) is 5.85. The Balaban J connectivity index is 2.56. The summed E-state index contributed by atoms with van der Waals surface area (Å²) in [5.41, 5.74) is 6.50. The maximum absolute atomic E-state index is 11.7. The summed E-state index contributed by atoms with van der Waals surface area (Å²) in [4.78, 5) is 22.6. The lowest BCUT2D eigenvalue weighted by Gasteiger charge is -2.11. The molecule has 0 atom stereocenters. The molecule has 1 aromatic carbocycles. The molecule has 0 heterocycles. The third-order valence-electron chi connectivity index (χ3n) is 2.64. The predicted molar refractivity (Wildman–Crippen MR) is 75.8 cm³/mol. The highest BCUT2D eigenvalue weighted by molar-refractivity contribution is 5.91. The van der Waals surface area contributed by atoms with Gasteiger partial charge in [-0.05, 0) is 24.0 Å². The number of amides is 3. The molecule has 0 spiro atoms. The molecule has 1 rings (SSSR count). The van der Waals surface area contributed by atoms with Crippen LogP contribution in [0.3, 0.4) is 0 Å². The van der Waals surface area contributed by atoms with Crippen LogP contribution >= 0.6 is 0 Å². The van der Waals surface area contributed by atoms with Crippen LogP contribution in [0.15, 0.2) is 24.3 Å². The van der Waals surface area contributed by atoms with E-state index in [1.165, 1.54) is 0 Å². The molecular formula is C14H21N3O2. The zero-order valence-corrected chi connectivity index (χ0v) is 11.4. The van der Waals surface area contributed by atoms with E-state index in [0.717, 1.165) is 6.42 Å². The fraction of sp³-hybridized carbons (Fsp3) is 0.429. The van der Waals surface area contributed by atoms with Crippen LogP contribution in [0.2, 0.25) is 0 Å². The highest BCUT2D eigenvalue weighted by Gasteiger charge is 2.08. The van der Waals surface area contributed by atoms with Gasteiger partial charge in [0, 0.05) is 12.2 Å². The van der Waals surface area contributed by atoms with E-state index in [1.807, 2.05) is 0 Å². The summed E-state index contributed by atoms with van der Waals surface area (Å²) in [7, 11) is 0. The summed E-state index contributed by atoms with van der Waals surface area (Å²) in [5.74, 6) is 0.122. The summed E-state index contributed by atoms with van der Waals surface area (Å²) in [6, 6.07) is 6.86. The molecule has 0 saturated carbocycles. The number of rotatable bonds is 6. The van der Waals surface area contributed by atoms with Gasteiger partial charge in [0.25, 0.3) is 0 Å². The molecule has 3 amide bonds. The van der Waals surface area contributed by atoms with Crippen molar-refractivity contribution in [2.75, 3.05) is 11.9 Å². The van der Waals surface area contributed by atoms with Crippen LogP contribution in [0.25, 0.3) is 0 Å². The average Bonchev–Trinajstić information content (AvgIpc) is 2.30. The quantitative estimate of drug-likeness (QED) is 0.732. The maximum Gasteiger partial charge on any atom is 0.319 e. The zero-order valence-electron chi connectivity index (χ0n) is 11.4. The van der Waals surface area contributed by atoms with Gasteiger partial charge >= 0.3 is 6.03 Å². The lowest BCUT2D eigenvalue weighted by atomic mass is 10.1. The van der Waals surface area contributed by atoms with Crippen molar-refractivity contribution >= 4 is 17.6 Å². The molecule has 0 fully saturated rings. The minimum Gasteiger partial charge on any atom is -0.369 e. The number of nitrogens with two attached hydrogens (primary N) is 1. The van der Waals surface area contributed by atoms with E-state index >= 15 is 0 Å². The highest BCUT2D eigenvalue weighted by Crippen LogP contribution is 2.15. The summed E-state index contributed by atoms with van der Waals surface area (Å²) >= 11 is 0. The lowest BCUT2D eigenvalue weighted by molar-refractivity contribution is -0.117. The van der Waals surface area contributed by atoms with E-state index in [1.54, 1.807) is 24.3 Å². The van der Waals surface area contributed by atoms with Crippen LogP contribution in [0, 0.1) is 5.92 Å². The molecule has 0 aliphatic heterocycles. The Morgan fingerprint density at radius 3 is 2.58 bits per heavy atom. The number of anilines is 1. The smallest absolute Gasteiger partial charge is 0.319 e.